The van der Waals surface area contributed by atoms with Crippen LogP contribution in [0.5, 0.6) is 0 Å². The summed E-state index contributed by atoms with van der Waals surface area (Å²) in [7, 11) is 0. The number of allylic oxidation sites excluding steroid dienone is 12. The first-order valence-corrected chi connectivity index (χ1v) is 35.4. The molecular weight excluding hydrogens is 997 g/mol. The minimum atomic E-state index is -0.787. The summed E-state index contributed by atoms with van der Waals surface area (Å²) < 4.78 is 16.9. The van der Waals surface area contributed by atoms with Crippen LogP contribution in [0.25, 0.3) is 0 Å². The molecule has 6 nitrogen and oxygen atoms in total. The standard InChI is InChI=1S/C75H134O6/c1-4-7-10-13-16-19-21-23-25-27-29-31-33-34-35-36-37-38-39-40-41-43-44-46-48-50-52-54-56-59-62-65-68-74(77)80-71-72(70-79-73(76)67-64-61-58-18-15-12-9-6-3)81-75(78)69-66-63-60-57-55-53-51-49-47-45-42-32-30-28-26-24-22-20-17-14-11-8-5-2/h8,11,17,20,24,26,30,32,45,47,51,53,72H,4-7,9-10,12-16,18-19,21-23,25,27-29,31,33-44,46,48-50,52,54-71H2,1-3H3/b11-8-,20-17-,26-24-,32-30-,47-45-,53-51-. The number of carbonyl (C=O) groups is 3. The molecule has 1 atom stereocenters. The highest BCUT2D eigenvalue weighted by atomic mass is 16.6. The summed E-state index contributed by atoms with van der Waals surface area (Å²) in [6, 6.07) is 0. The first kappa shape index (κ1) is 77.9. The smallest absolute Gasteiger partial charge is 0.306 e. The molecular formula is C75H134O6. The van der Waals surface area contributed by atoms with Gasteiger partial charge >= 0.3 is 17.9 Å². The number of carbonyl (C=O) groups excluding carboxylic acids is 3. The molecule has 0 N–H and O–H groups in total. The quantitative estimate of drug-likeness (QED) is 0.0261. The van der Waals surface area contributed by atoms with Gasteiger partial charge in [-0.25, -0.2) is 0 Å². The van der Waals surface area contributed by atoms with Gasteiger partial charge in [-0.05, 0) is 70.6 Å². The monoisotopic (exact) mass is 1130 g/mol. The van der Waals surface area contributed by atoms with Crippen molar-refractivity contribution in [2.24, 2.45) is 0 Å². The lowest BCUT2D eigenvalue weighted by Gasteiger charge is -2.18. The fourth-order valence-electron chi connectivity index (χ4n) is 10.5. The lowest BCUT2D eigenvalue weighted by Crippen LogP contribution is -2.30. The topological polar surface area (TPSA) is 78.9 Å². The Balaban J connectivity index is 4.08. The van der Waals surface area contributed by atoms with E-state index in [1.807, 2.05) is 0 Å². The highest BCUT2D eigenvalue weighted by Gasteiger charge is 2.19. The SMILES string of the molecule is CC/C=C\C/C=C\C/C=C\C/C=C\C/C=C\C/C=C\CCCCCCC(=O)OC(COC(=O)CCCCCCCCCC)COC(=O)CCCCCCCCCCCCCCCCCCCCCCCCCCCCCCCCCC. The van der Waals surface area contributed by atoms with Crippen molar-refractivity contribution in [1.29, 1.82) is 0 Å². The average molecular weight is 1130 g/mol. The van der Waals surface area contributed by atoms with Crippen molar-refractivity contribution >= 4 is 17.9 Å². The van der Waals surface area contributed by atoms with E-state index in [9.17, 15) is 14.4 Å². The molecule has 0 spiro atoms. The predicted octanol–water partition coefficient (Wildman–Crippen LogP) is 24.4. The van der Waals surface area contributed by atoms with E-state index in [1.54, 1.807) is 0 Å². The average Bonchev–Trinajstić information content (AvgIpc) is 3.47. The van der Waals surface area contributed by atoms with Crippen molar-refractivity contribution < 1.29 is 28.6 Å². The van der Waals surface area contributed by atoms with Crippen LogP contribution in [0.1, 0.15) is 367 Å². The van der Waals surface area contributed by atoms with Crippen molar-refractivity contribution in [3.8, 4) is 0 Å². The maximum Gasteiger partial charge on any atom is 0.306 e. The van der Waals surface area contributed by atoms with Gasteiger partial charge in [0.15, 0.2) is 6.10 Å². The van der Waals surface area contributed by atoms with Crippen molar-refractivity contribution in [3.63, 3.8) is 0 Å². The molecule has 0 aromatic rings. The van der Waals surface area contributed by atoms with Crippen LogP contribution in [-0.2, 0) is 28.6 Å². The molecule has 470 valence electrons. The molecule has 6 heteroatoms. The lowest BCUT2D eigenvalue weighted by atomic mass is 10.0. The molecule has 0 heterocycles. The molecule has 0 bridgehead atoms. The Bertz CT molecular complexity index is 1490. The summed E-state index contributed by atoms with van der Waals surface area (Å²) in [5.41, 5.74) is 0. The van der Waals surface area contributed by atoms with Gasteiger partial charge in [-0.2, -0.15) is 0 Å². The molecule has 0 saturated heterocycles. The van der Waals surface area contributed by atoms with E-state index < -0.39 is 6.10 Å². The molecule has 0 aliphatic heterocycles. The number of unbranched alkanes of at least 4 members (excludes halogenated alkanes) is 42. The van der Waals surface area contributed by atoms with Crippen LogP contribution < -0.4 is 0 Å². The molecule has 0 aromatic heterocycles. The molecule has 1 unspecified atom stereocenters. The molecule has 0 aromatic carbocycles. The highest BCUT2D eigenvalue weighted by molar-refractivity contribution is 5.71. The third-order valence-corrected chi connectivity index (χ3v) is 15.7. The third kappa shape index (κ3) is 67.5. The second-order valence-corrected chi connectivity index (χ2v) is 23.8. The van der Waals surface area contributed by atoms with Crippen LogP contribution >= 0.6 is 0 Å². The zero-order valence-electron chi connectivity index (χ0n) is 54.1. The largest absolute Gasteiger partial charge is 0.462 e. The van der Waals surface area contributed by atoms with Crippen LogP contribution in [0.3, 0.4) is 0 Å². The van der Waals surface area contributed by atoms with E-state index in [0.717, 1.165) is 109 Å². The fourth-order valence-corrected chi connectivity index (χ4v) is 10.5. The minimum Gasteiger partial charge on any atom is -0.462 e. The van der Waals surface area contributed by atoms with Gasteiger partial charge in [0, 0.05) is 19.3 Å². The molecule has 0 saturated carbocycles. The molecule has 0 radical (unpaired) electrons. The number of ether oxygens (including phenoxy) is 3. The molecule has 81 heavy (non-hydrogen) atoms. The summed E-state index contributed by atoms with van der Waals surface area (Å²) in [6.45, 7) is 6.52. The Kier molecular flexibility index (Phi) is 66.6. The second-order valence-electron chi connectivity index (χ2n) is 23.8. The Morgan fingerprint density at radius 3 is 0.753 bits per heavy atom. The summed E-state index contributed by atoms with van der Waals surface area (Å²) in [4.78, 5) is 38.2. The Morgan fingerprint density at radius 1 is 0.259 bits per heavy atom. The molecule has 0 aliphatic rings. The van der Waals surface area contributed by atoms with Gasteiger partial charge in [-0.15, -0.1) is 0 Å². The van der Waals surface area contributed by atoms with Crippen molar-refractivity contribution in [2.75, 3.05) is 13.2 Å². The summed E-state index contributed by atoms with van der Waals surface area (Å²) >= 11 is 0. The van der Waals surface area contributed by atoms with E-state index in [2.05, 4.69) is 93.7 Å². The molecule has 0 aliphatic carbocycles. The van der Waals surface area contributed by atoms with Gasteiger partial charge in [-0.3, -0.25) is 14.4 Å². The van der Waals surface area contributed by atoms with Gasteiger partial charge in [0.2, 0.25) is 0 Å². The van der Waals surface area contributed by atoms with Crippen LogP contribution in [0.2, 0.25) is 0 Å². The van der Waals surface area contributed by atoms with Crippen LogP contribution in [0.4, 0.5) is 0 Å². The normalized spacial score (nSPS) is 12.5. The van der Waals surface area contributed by atoms with E-state index in [-0.39, 0.29) is 31.1 Å². The molecule has 0 rings (SSSR count). The third-order valence-electron chi connectivity index (χ3n) is 15.7. The fraction of sp³-hybridized carbons (Fsp3) is 0.800. The minimum absolute atomic E-state index is 0.0821. The van der Waals surface area contributed by atoms with Gasteiger partial charge < -0.3 is 14.2 Å². The maximum atomic E-state index is 12.9. The first-order valence-electron chi connectivity index (χ1n) is 35.4. The summed E-state index contributed by atoms with van der Waals surface area (Å²) in [6.07, 6.45) is 91.1. The van der Waals surface area contributed by atoms with Crippen LogP contribution in [0, 0.1) is 0 Å². The van der Waals surface area contributed by atoms with Gasteiger partial charge in [0.25, 0.3) is 0 Å². The number of rotatable bonds is 65. The second kappa shape index (κ2) is 69.3. The van der Waals surface area contributed by atoms with E-state index in [1.165, 1.54) is 218 Å². The molecule has 0 fully saturated rings. The van der Waals surface area contributed by atoms with Crippen molar-refractivity contribution in [3.05, 3.63) is 72.9 Å². The Labute approximate surface area is 503 Å². The number of esters is 3. The zero-order valence-corrected chi connectivity index (χ0v) is 54.1. The maximum absolute atomic E-state index is 12.9. The summed E-state index contributed by atoms with van der Waals surface area (Å²) in [5, 5.41) is 0. The van der Waals surface area contributed by atoms with Crippen LogP contribution in [0.15, 0.2) is 72.9 Å². The Morgan fingerprint density at radius 2 is 0.481 bits per heavy atom. The van der Waals surface area contributed by atoms with Crippen molar-refractivity contribution in [1.82, 2.24) is 0 Å². The lowest BCUT2D eigenvalue weighted by molar-refractivity contribution is -0.167. The van der Waals surface area contributed by atoms with Crippen LogP contribution in [-0.4, -0.2) is 37.2 Å². The predicted molar refractivity (Wildman–Crippen MR) is 353 cm³/mol. The zero-order chi connectivity index (χ0) is 58.5. The van der Waals surface area contributed by atoms with E-state index in [4.69, 9.17) is 14.2 Å². The van der Waals surface area contributed by atoms with Gasteiger partial charge in [0.1, 0.15) is 13.2 Å². The molecule has 0 amide bonds. The van der Waals surface area contributed by atoms with Gasteiger partial charge in [0.05, 0.1) is 0 Å². The Hall–Kier alpha value is -3.15. The van der Waals surface area contributed by atoms with E-state index in [0.29, 0.717) is 19.3 Å². The number of hydrogen-bond acceptors (Lipinski definition) is 6. The van der Waals surface area contributed by atoms with E-state index >= 15 is 0 Å². The first-order chi connectivity index (χ1) is 40.0. The highest BCUT2D eigenvalue weighted by Crippen LogP contribution is 2.18. The number of hydrogen-bond donors (Lipinski definition) is 0. The van der Waals surface area contributed by atoms with Gasteiger partial charge in [-0.1, -0.05) is 351 Å². The summed E-state index contributed by atoms with van der Waals surface area (Å²) in [5.74, 6) is -0.895. The van der Waals surface area contributed by atoms with Crippen molar-refractivity contribution in [2.45, 2.75) is 374 Å².